The van der Waals surface area contributed by atoms with Gasteiger partial charge in [0.25, 0.3) is 0 Å². The van der Waals surface area contributed by atoms with Crippen molar-refractivity contribution in [3.05, 3.63) is 130 Å². The summed E-state index contributed by atoms with van der Waals surface area (Å²) in [6, 6.07) is 0. The van der Waals surface area contributed by atoms with Crippen molar-refractivity contribution < 1.29 is 67.7 Å². The fourth-order valence-corrected chi connectivity index (χ4v) is 7.68. The number of rotatable bonds is 0. The molecule has 0 aliphatic heterocycles. The summed E-state index contributed by atoms with van der Waals surface area (Å²) in [6.45, 7) is 8.96. The summed E-state index contributed by atoms with van der Waals surface area (Å²) in [5, 5.41) is 18.0. The van der Waals surface area contributed by atoms with Crippen LogP contribution in [0.5, 0.6) is 0 Å². The van der Waals surface area contributed by atoms with E-state index in [0.717, 1.165) is 6.08 Å². The van der Waals surface area contributed by atoms with Gasteiger partial charge < -0.3 is 10.2 Å². The Labute approximate surface area is 441 Å². The molecule has 0 saturated heterocycles. The van der Waals surface area contributed by atoms with Crippen LogP contribution in [0.3, 0.4) is 0 Å². The van der Waals surface area contributed by atoms with Gasteiger partial charge in [0, 0.05) is 34.9 Å². The van der Waals surface area contributed by atoms with E-state index >= 15 is 0 Å². The quantitative estimate of drug-likeness (QED) is 0.214. The van der Waals surface area contributed by atoms with Gasteiger partial charge in [-0.15, -0.1) is 0 Å². The molecule has 14 nitrogen and oxygen atoms in total. The summed E-state index contributed by atoms with van der Waals surface area (Å²) < 4.78 is 0.967. The molecule has 0 aromatic carbocycles. The van der Waals surface area contributed by atoms with E-state index in [1.807, 2.05) is 20.8 Å². The van der Waals surface area contributed by atoms with E-state index in [9.17, 15) is 57.5 Å². The lowest BCUT2D eigenvalue weighted by Crippen LogP contribution is -2.20. The van der Waals surface area contributed by atoms with Crippen molar-refractivity contribution in [1.82, 2.24) is 0 Å². The van der Waals surface area contributed by atoms with Crippen molar-refractivity contribution in [3.63, 3.8) is 0 Å². The molecule has 65 heavy (non-hydrogen) atoms. The molecule has 0 atom stereocenters. The molecule has 6 aliphatic carbocycles. The average Bonchev–Trinajstić information content (AvgIpc) is 3.24. The Balaban J connectivity index is 0.000000391. The molecular weight excluding hydrogens is 1400 g/mol. The SMILES string of the molecule is CC(C)(C)C1=CC(=O)C=CC1=O.CC1=CC(=O)C(Br)=CC1=O.CC1=CC(=O)C(Cl)=CC1=O.O=C1C(Br)=C(Br)C(=O)C(Br)=C1Br.O=C1C(O)=C(Br)C(=O)C(O)=C1Br.O=C1C=CC(=O)C(Br)=C1. The molecule has 0 bridgehead atoms. The number of carbonyl (C=O) groups is 12. The van der Waals surface area contributed by atoms with Gasteiger partial charge in [-0.25, -0.2) is 0 Å². The Hall–Kier alpha value is -3.35. The summed E-state index contributed by atoms with van der Waals surface area (Å²) in [4.78, 5) is 131. The van der Waals surface area contributed by atoms with E-state index in [2.05, 4.69) is 127 Å². The van der Waals surface area contributed by atoms with Gasteiger partial charge in [0.15, 0.2) is 57.8 Å². The number of aliphatic hydroxyl groups is 2. The molecule has 0 aromatic rings. The van der Waals surface area contributed by atoms with Crippen molar-refractivity contribution in [2.45, 2.75) is 34.6 Å². The van der Waals surface area contributed by atoms with Crippen LogP contribution in [0.15, 0.2) is 130 Å². The highest BCUT2D eigenvalue weighted by Gasteiger charge is 2.32. The van der Waals surface area contributed by atoms with Gasteiger partial charge in [-0.2, -0.15) is 0 Å². The van der Waals surface area contributed by atoms with E-state index in [0.29, 0.717) is 25.7 Å². The molecule has 0 saturated carbocycles. The molecule has 2 N–H and O–H groups in total. The number of carbonyl (C=O) groups excluding carboxylic acids is 12. The van der Waals surface area contributed by atoms with Crippen LogP contribution in [0.1, 0.15) is 34.6 Å². The van der Waals surface area contributed by atoms with Gasteiger partial charge >= 0.3 is 0 Å². The Bertz CT molecular complexity index is 2350. The minimum Gasteiger partial charge on any atom is -0.503 e. The molecule has 0 spiro atoms. The van der Waals surface area contributed by atoms with Crippen molar-refractivity contribution in [1.29, 1.82) is 0 Å². The lowest BCUT2D eigenvalue weighted by Gasteiger charge is -2.21. The van der Waals surface area contributed by atoms with E-state index in [1.54, 1.807) is 13.8 Å². The molecule has 0 aromatic heterocycles. The van der Waals surface area contributed by atoms with Crippen molar-refractivity contribution in [3.8, 4) is 0 Å². The summed E-state index contributed by atoms with van der Waals surface area (Å²) in [7, 11) is 0. The maximum absolute atomic E-state index is 11.3. The highest BCUT2D eigenvalue weighted by molar-refractivity contribution is 9.16. The fraction of sp³-hybridized carbons (Fsp3) is 0.143. The molecule has 23 heteroatoms. The van der Waals surface area contributed by atoms with Crippen LogP contribution in [0, 0.1) is 5.41 Å². The van der Waals surface area contributed by atoms with Crippen molar-refractivity contribution in [2.24, 2.45) is 5.41 Å². The van der Waals surface area contributed by atoms with Crippen LogP contribution in [-0.2, 0) is 57.5 Å². The van der Waals surface area contributed by atoms with Crippen LogP contribution in [0.4, 0.5) is 0 Å². The van der Waals surface area contributed by atoms with Crippen LogP contribution < -0.4 is 0 Å². The maximum Gasteiger partial charge on any atom is 0.239 e. The van der Waals surface area contributed by atoms with Gasteiger partial charge in [0.05, 0.1) is 31.9 Å². The summed E-state index contributed by atoms with van der Waals surface area (Å²) in [5.41, 5.74) is 1.29. The average molecular weight is 1430 g/mol. The third kappa shape index (κ3) is 17.7. The third-order valence-corrected chi connectivity index (χ3v) is 14.6. The molecule has 342 valence electrons. The topological polar surface area (TPSA) is 245 Å². The van der Waals surface area contributed by atoms with Crippen molar-refractivity contribution >= 4 is 208 Å². The molecule has 0 fully saturated rings. The van der Waals surface area contributed by atoms with E-state index < -0.39 is 23.1 Å². The molecule has 0 unspecified atom stereocenters. The smallest absolute Gasteiger partial charge is 0.239 e. The predicted molar refractivity (Wildman–Crippen MR) is 268 cm³/mol. The zero-order valence-corrected chi connectivity index (χ0v) is 46.9. The van der Waals surface area contributed by atoms with Crippen LogP contribution >= 0.6 is 139 Å². The monoisotopic (exact) mass is 1420 g/mol. The first kappa shape index (κ1) is 59.7. The zero-order chi connectivity index (χ0) is 50.6. The third-order valence-electron chi connectivity index (χ3n) is 7.55. The fourth-order valence-electron chi connectivity index (χ4n) is 4.06. The van der Waals surface area contributed by atoms with Gasteiger partial charge in [0.2, 0.25) is 23.1 Å². The molecule has 0 heterocycles. The Morgan fingerprint density at radius 1 is 0.400 bits per heavy atom. The minimum atomic E-state index is -0.820. The second-order valence-electron chi connectivity index (χ2n) is 13.5. The second kappa shape index (κ2) is 26.3. The number of Topliss-reactive ketones (excluding diaryl/α,β-unsaturated/α-hetero) is 4. The van der Waals surface area contributed by atoms with Gasteiger partial charge in [-0.3, -0.25) is 57.5 Å². The largest absolute Gasteiger partial charge is 0.503 e. The highest BCUT2D eigenvalue weighted by atomic mass is 79.9. The number of aliphatic hydroxyl groups excluding tert-OH is 2. The van der Waals surface area contributed by atoms with Crippen LogP contribution in [-0.4, -0.2) is 79.6 Å². The number of hydrogen-bond acceptors (Lipinski definition) is 14. The Kier molecular flexibility index (Phi) is 24.1. The lowest BCUT2D eigenvalue weighted by molar-refractivity contribution is -0.118. The van der Waals surface area contributed by atoms with Crippen molar-refractivity contribution in [2.75, 3.05) is 0 Å². The van der Waals surface area contributed by atoms with Gasteiger partial charge in [-0.1, -0.05) is 32.4 Å². The first-order chi connectivity index (χ1) is 29.8. The number of halogens is 9. The molecule has 0 amide bonds. The van der Waals surface area contributed by atoms with Crippen LogP contribution in [0.2, 0.25) is 0 Å². The summed E-state index contributed by atoms with van der Waals surface area (Å²) in [5.74, 6) is -4.75. The van der Waals surface area contributed by atoms with E-state index in [4.69, 9.17) is 21.8 Å². The first-order valence-corrected chi connectivity index (χ1v) is 23.9. The molecule has 6 rings (SSSR count). The highest BCUT2D eigenvalue weighted by Crippen LogP contribution is 2.36. The molecule has 0 radical (unpaired) electrons. The van der Waals surface area contributed by atoms with Gasteiger partial charge in [0.1, 0.15) is 8.96 Å². The van der Waals surface area contributed by atoms with Crippen LogP contribution in [0.25, 0.3) is 0 Å². The number of ketones is 12. The van der Waals surface area contributed by atoms with Gasteiger partial charge in [-0.05, 0) is 189 Å². The summed E-state index contributed by atoms with van der Waals surface area (Å²) >= 11 is 28.6. The standard InChI is InChI=1S/C10H12O2.C7H5BrO2.C7H5ClO2.C6Br4O2.C6H2Br2O4.C6H3BrO2/c1-10(2,3)8-6-7(11)4-5-9(8)12;2*1-4-2-7(10)5(8)3-6(4)9;7-1-2(8)6(12)4(10)3(9)5(1)11;7-1-3(9)5(11)2(8)6(12)4(1)10;7-5-3-4(8)1-2-6(5)9/h4-6H,1-3H3;2*2-3H,1H3;;9,12H;1-3H. The second-order valence-corrected chi connectivity index (χ2v) is 20.4. The number of allylic oxidation sites excluding steroid dienone is 22. The zero-order valence-electron chi connectivity index (χ0n) is 33.5. The lowest BCUT2D eigenvalue weighted by atomic mass is 9.81. The van der Waals surface area contributed by atoms with E-state index in [-0.39, 0.29) is 95.2 Å². The Morgan fingerprint density at radius 2 is 0.754 bits per heavy atom. The molecular formula is C42H27Br8ClO14. The Morgan fingerprint density at radius 3 is 1.09 bits per heavy atom. The normalized spacial score (nSPS) is 18.7. The van der Waals surface area contributed by atoms with E-state index in [1.165, 1.54) is 54.7 Å². The first-order valence-electron chi connectivity index (χ1n) is 17.1. The minimum absolute atomic E-state index is 0.00407. The number of hydrogen-bond donors (Lipinski definition) is 2. The summed E-state index contributed by atoms with van der Waals surface area (Å²) in [6.07, 6.45) is 12.8. The predicted octanol–water partition coefficient (Wildman–Crippen LogP) is 9.82. The molecule has 6 aliphatic rings. The maximum atomic E-state index is 11.3.